The maximum absolute atomic E-state index is 12.7. The topological polar surface area (TPSA) is 49.9 Å². The van der Waals surface area contributed by atoms with Gasteiger partial charge in [0.2, 0.25) is 5.91 Å². The second-order valence-electron chi connectivity index (χ2n) is 8.62. The van der Waals surface area contributed by atoms with Crippen LogP contribution in [-0.4, -0.2) is 52.8 Å². The molecule has 2 heterocycles. The molecule has 32 heavy (non-hydrogen) atoms. The highest BCUT2D eigenvalue weighted by atomic mass is 32.2. The van der Waals surface area contributed by atoms with Crippen LogP contribution in [0.3, 0.4) is 0 Å². The van der Waals surface area contributed by atoms with E-state index in [1.807, 2.05) is 40.1 Å². The monoisotopic (exact) mass is 448 g/mol. The molecule has 166 valence electrons. The molecule has 5 rings (SSSR count). The van der Waals surface area contributed by atoms with Gasteiger partial charge in [-0.05, 0) is 41.0 Å². The number of benzene rings is 2. The van der Waals surface area contributed by atoms with E-state index in [0.717, 1.165) is 25.0 Å². The highest BCUT2D eigenvalue weighted by Gasteiger charge is 2.50. The van der Waals surface area contributed by atoms with Gasteiger partial charge in [-0.15, -0.1) is 11.8 Å². The fourth-order valence-electron chi connectivity index (χ4n) is 5.11. The van der Waals surface area contributed by atoms with Gasteiger partial charge in [-0.3, -0.25) is 9.69 Å². The van der Waals surface area contributed by atoms with Crippen LogP contribution < -0.4 is 0 Å². The molecule has 0 N–H and O–H groups in total. The lowest BCUT2D eigenvalue weighted by Crippen LogP contribution is -2.47. The Morgan fingerprint density at radius 1 is 1.06 bits per heavy atom. The number of hydrogen-bond acceptors (Lipinski definition) is 4. The molecule has 0 aromatic heterocycles. The molecule has 0 spiro atoms. The lowest BCUT2D eigenvalue weighted by Gasteiger charge is -2.38. The fourth-order valence-corrected chi connectivity index (χ4v) is 5.79. The third kappa shape index (κ3) is 4.29. The highest BCUT2D eigenvalue weighted by molar-refractivity contribution is 8.02. The zero-order chi connectivity index (χ0) is 21.9. The van der Waals surface area contributed by atoms with Crippen LogP contribution in [0.5, 0.6) is 0 Å². The summed E-state index contributed by atoms with van der Waals surface area (Å²) in [7, 11) is 0. The van der Waals surface area contributed by atoms with Crippen molar-refractivity contribution in [1.29, 1.82) is 0 Å². The van der Waals surface area contributed by atoms with Crippen LogP contribution in [-0.2, 0) is 16.0 Å². The van der Waals surface area contributed by atoms with Crippen molar-refractivity contribution in [1.82, 2.24) is 9.80 Å². The second-order valence-corrected chi connectivity index (χ2v) is 9.64. The first-order valence-corrected chi connectivity index (χ1v) is 12.4. The fraction of sp³-hybridized carbons (Fsp3) is 0.385. The Labute approximate surface area is 193 Å². The Hall–Kier alpha value is -2.73. The molecular weight excluding hydrogens is 420 g/mol. The van der Waals surface area contributed by atoms with Crippen molar-refractivity contribution in [3.8, 4) is 0 Å². The summed E-state index contributed by atoms with van der Waals surface area (Å²) in [5, 5.41) is 2.06. The molecule has 2 aromatic carbocycles. The molecule has 1 aliphatic carbocycles. The third-order valence-electron chi connectivity index (χ3n) is 6.71. The van der Waals surface area contributed by atoms with Crippen LogP contribution in [0.1, 0.15) is 42.0 Å². The SMILES string of the molecule is O=C(CCSC=Cc1ccccc1)N1CCC(N2C(=O)OC3Cc4ccccc4C32)CC1. The largest absolute Gasteiger partial charge is 0.443 e. The maximum atomic E-state index is 12.7. The van der Waals surface area contributed by atoms with E-state index in [9.17, 15) is 9.59 Å². The number of likely N-dealkylation sites (tertiary alicyclic amines) is 1. The Morgan fingerprint density at radius 3 is 2.62 bits per heavy atom. The van der Waals surface area contributed by atoms with Crippen LogP contribution in [0, 0.1) is 0 Å². The summed E-state index contributed by atoms with van der Waals surface area (Å²) in [5.74, 6) is 0.985. The minimum atomic E-state index is -0.194. The van der Waals surface area contributed by atoms with Gasteiger partial charge in [0.15, 0.2) is 0 Å². The molecule has 2 unspecified atom stereocenters. The minimum Gasteiger partial charge on any atom is -0.443 e. The molecule has 5 nitrogen and oxygen atoms in total. The molecule has 2 fully saturated rings. The van der Waals surface area contributed by atoms with Crippen LogP contribution in [0.25, 0.3) is 6.08 Å². The van der Waals surface area contributed by atoms with Crippen molar-refractivity contribution in [3.63, 3.8) is 0 Å². The summed E-state index contributed by atoms with van der Waals surface area (Å²) < 4.78 is 5.71. The van der Waals surface area contributed by atoms with Gasteiger partial charge in [0, 0.05) is 37.7 Å². The molecule has 2 amide bonds. The van der Waals surface area contributed by atoms with Crippen molar-refractivity contribution < 1.29 is 14.3 Å². The molecule has 2 saturated heterocycles. The lowest BCUT2D eigenvalue weighted by molar-refractivity contribution is -0.132. The molecule has 2 aromatic rings. The van der Waals surface area contributed by atoms with Gasteiger partial charge in [-0.1, -0.05) is 54.6 Å². The number of fused-ring (bicyclic) bond motifs is 3. The number of nitrogens with zero attached hydrogens (tertiary/aromatic N) is 2. The van der Waals surface area contributed by atoms with Gasteiger partial charge in [0.25, 0.3) is 0 Å². The summed E-state index contributed by atoms with van der Waals surface area (Å²) >= 11 is 1.67. The van der Waals surface area contributed by atoms with Gasteiger partial charge >= 0.3 is 6.09 Å². The van der Waals surface area contributed by atoms with Crippen LogP contribution >= 0.6 is 11.8 Å². The van der Waals surface area contributed by atoms with E-state index in [1.165, 1.54) is 16.7 Å². The van der Waals surface area contributed by atoms with E-state index >= 15 is 0 Å². The van der Waals surface area contributed by atoms with E-state index in [-0.39, 0.29) is 30.2 Å². The smallest absolute Gasteiger partial charge is 0.411 e. The quantitative estimate of drug-likeness (QED) is 0.591. The first-order chi connectivity index (χ1) is 15.7. The normalized spacial score (nSPS) is 22.8. The molecular formula is C26H28N2O3S. The number of rotatable bonds is 6. The molecule has 2 aliphatic heterocycles. The number of hydrogen-bond donors (Lipinski definition) is 0. The van der Waals surface area contributed by atoms with Crippen molar-refractivity contribution >= 4 is 29.8 Å². The number of amides is 2. The van der Waals surface area contributed by atoms with Crippen molar-refractivity contribution in [2.24, 2.45) is 0 Å². The predicted octanol–water partition coefficient (Wildman–Crippen LogP) is 4.89. The number of ether oxygens (including phenoxy) is 1. The summed E-state index contributed by atoms with van der Waals surface area (Å²) in [6, 6.07) is 18.7. The van der Waals surface area contributed by atoms with Crippen LogP contribution in [0.15, 0.2) is 60.0 Å². The first kappa shape index (κ1) is 21.1. The average molecular weight is 449 g/mol. The van der Waals surface area contributed by atoms with E-state index in [0.29, 0.717) is 19.5 Å². The summed E-state index contributed by atoms with van der Waals surface area (Å²) in [6.07, 6.45) is 4.78. The lowest BCUT2D eigenvalue weighted by atomic mass is 9.99. The second kappa shape index (κ2) is 9.41. The Morgan fingerprint density at radius 2 is 1.81 bits per heavy atom. The standard InChI is InChI=1S/C26H28N2O3S/c29-24(13-17-32-16-12-19-6-2-1-3-7-19)27-14-10-21(11-15-27)28-25-22-9-5-4-8-20(22)18-23(25)31-26(28)30/h1-9,12,16,21,23,25H,10-11,13-15,17-18H2. The Balaban J connectivity index is 1.11. The zero-order valence-corrected chi connectivity index (χ0v) is 18.9. The molecule has 2 atom stereocenters. The predicted molar refractivity (Wildman–Crippen MR) is 127 cm³/mol. The summed E-state index contributed by atoms with van der Waals surface area (Å²) in [6.45, 7) is 1.41. The number of carbonyl (C=O) groups is 2. The third-order valence-corrected chi connectivity index (χ3v) is 7.48. The van der Waals surface area contributed by atoms with Crippen molar-refractivity contribution in [3.05, 3.63) is 76.7 Å². The number of thioether (sulfide) groups is 1. The van der Waals surface area contributed by atoms with Gasteiger partial charge in [-0.2, -0.15) is 0 Å². The maximum Gasteiger partial charge on any atom is 0.411 e. The van der Waals surface area contributed by atoms with Crippen molar-refractivity contribution in [2.75, 3.05) is 18.8 Å². The minimum absolute atomic E-state index is 0.0266. The molecule has 0 saturated carbocycles. The Kier molecular flexibility index (Phi) is 6.21. The average Bonchev–Trinajstić information content (AvgIpc) is 3.33. The number of piperidine rings is 1. The van der Waals surface area contributed by atoms with E-state index in [2.05, 4.69) is 35.7 Å². The molecule has 0 bridgehead atoms. The molecule has 3 aliphatic rings. The molecule has 6 heteroatoms. The Bertz CT molecular complexity index is 1000. The first-order valence-electron chi connectivity index (χ1n) is 11.4. The van der Waals surface area contributed by atoms with Crippen LogP contribution in [0.4, 0.5) is 4.79 Å². The summed E-state index contributed by atoms with van der Waals surface area (Å²) in [5.41, 5.74) is 3.68. The van der Waals surface area contributed by atoms with Crippen LogP contribution in [0.2, 0.25) is 0 Å². The number of carbonyl (C=O) groups excluding carboxylic acids is 2. The summed E-state index contributed by atoms with van der Waals surface area (Å²) in [4.78, 5) is 29.2. The molecule has 0 radical (unpaired) electrons. The van der Waals surface area contributed by atoms with Gasteiger partial charge in [0.1, 0.15) is 6.10 Å². The van der Waals surface area contributed by atoms with Gasteiger partial charge in [0.05, 0.1) is 6.04 Å². The highest BCUT2D eigenvalue weighted by Crippen LogP contribution is 2.44. The van der Waals surface area contributed by atoms with E-state index in [1.54, 1.807) is 11.8 Å². The van der Waals surface area contributed by atoms with Gasteiger partial charge < -0.3 is 9.64 Å². The van der Waals surface area contributed by atoms with Crippen molar-refractivity contribution in [2.45, 2.75) is 43.9 Å². The zero-order valence-electron chi connectivity index (χ0n) is 18.1. The van der Waals surface area contributed by atoms with Gasteiger partial charge in [-0.25, -0.2) is 4.79 Å². The van der Waals surface area contributed by atoms with E-state index in [4.69, 9.17) is 4.74 Å². The van der Waals surface area contributed by atoms with E-state index < -0.39 is 0 Å².